The van der Waals surface area contributed by atoms with E-state index in [4.69, 9.17) is 4.74 Å². The molecule has 0 aromatic rings. The number of hydrogen-bond donors (Lipinski definition) is 1. The molecule has 2 heterocycles. The number of morpholine rings is 1. The first-order chi connectivity index (χ1) is 8.18. The van der Waals surface area contributed by atoms with Crippen LogP contribution in [0.5, 0.6) is 0 Å². The van der Waals surface area contributed by atoms with Crippen LogP contribution >= 0.6 is 0 Å². The molecule has 3 atom stereocenters. The Labute approximate surface area is 105 Å². The molecule has 2 saturated heterocycles. The van der Waals surface area contributed by atoms with Crippen LogP contribution in [-0.2, 0) is 4.74 Å². The van der Waals surface area contributed by atoms with Crippen molar-refractivity contribution in [2.45, 2.75) is 45.3 Å². The number of hydrogen-bond acceptors (Lipinski definition) is 3. The largest absolute Gasteiger partial charge is 0.373 e. The molecule has 2 aliphatic heterocycles. The van der Waals surface area contributed by atoms with Crippen molar-refractivity contribution in [3.8, 4) is 0 Å². The van der Waals surface area contributed by atoms with E-state index < -0.39 is 0 Å². The van der Waals surface area contributed by atoms with Gasteiger partial charge in [0.1, 0.15) is 0 Å². The molecule has 3 fully saturated rings. The third kappa shape index (κ3) is 2.51. The van der Waals surface area contributed by atoms with E-state index in [0.717, 1.165) is 24.4 Å². The fourth-order valence-corrected chi connectivity index (χ4v) is 3.97. The van der Waals surface area contributed by atoms with Crippen molar-refractivity contribution in [1.82, 2.24) is 10.2 Å². The lowest BCUT2D eigenvalue weighted by molar-refractivity contribution is -0.0699. The SMILES string of the molecule is C[C@@H]1CN(CC2CC23CCNCC3)C[C@H](C)O1. The Hall–Kier alpha value is -0.120. The van der Waals surface area contributed by atoms with E-state index in [1.165, 1.54) is 38.9 Å². The minimum Gasteiger partial charge on any atom is -0.373 e. The average molecular weight is 238 g/mol. The van der Waals surface area contributed by atoms with Crippen molar-refractivity contribution < 1.29 is 4.74 Å². The van der Waals surface area contributed by atoms with Crippen LogP contribution in [0, 0.1) is 11.3 Å². The zero-order valence-corrected chi connectivity index (χ0v) is 11.2. The van der Waals surface area contributed by atoms with Crippen LogP contribution < -0.4 is 5.32 Å². The minimum absolute atomic E-state index is 0.418. The molecular weight excluding hydrogens is 212 g/mol. The molecule has 0 aromatic carbocycles. The maximum absolute atomic E-state index is 5.80. The van der Waals surface area contributed by atoms with Gasteiger partial charge in [-0.15, -0.1) is 0 Å². The average Bonchev–Trinajstić information content (AvgIpc) is 2.89. The van der Waals surface area contributed by atoms with Crippen LogP contribution in [0.15, 0.2) is 0 Å². The second-order valence-electron chi connectivity index (χ2n) is 6.49. The van der Waals surface area contributed by atoms with Crippen molar-refractivity contribution in [3.05, 3.63) is 0 Å². The predicted octanol–water partition coefficient (Wildman–Crippen LogP) is 1.49. The number of nitrogens with one attached hydrogen (secondary N) is 1. The summed E-state index contributed by atoms with van der Waals surface area (Å²) < 4.78 is 5.80. The molecule has 17 heavy (non-hydrogen) atoms. The predicted molar refractivity (Wildman–Crippen MR) is 69.1 cm³/mol. The van der Waals surface area contributed by atoms with E-state index in [9.17, 15) is 0 Å². The third-order valence-corrected chi connectivity index (χ3v) is 4.93. The van der Waals surface area contributed by atoms with Crippen LogP contribution in [0.4, 0.5) is 0 Å². The molecule has 3 heteroatoms. The van der Waals surface area contributed by atoms with Crippen molar-refractivity contribution in [2.24, 2.45) is 11.3 Å². The van der Waals surface area contributed by atoms with Gasteiger partial charge in [0.15, 0.2) is 0 Å². The van der Waals surface area contributed by atoms with Crippen molar-refractivity contribution in [3.63, 3.8) is 0 Å². The minimum atomic E-state index is 0.418. The maximum Gasteiger partial charge on any atom is 0.0678 e. The van der Waals surface area contributed by atoms with E-state index in [1.807, 2.05) is 0 Å². The van der Waals surface area contributed by atoms with E-state index in [-0.39, 0.29) is 0 Å². The number of ether oxygens (including phenoxy) is 1. The second-order valence-corrected chi connectivity index (χ2v) is 6.49. The van der Waals surface area contributed by atoms with Gasteiger partial charge >= 0.3 is 0 Å². The van der Waals surface area contributed by atoms with Crippen LogP contribution in [0.25, 0.3) is 0 Å². The smallest absolute Gasteiger partial charge is 0.0678 e. The quantitative estimate of drug-likeness (QED) is 0.789. The van der Waals surface area contributed by atoms with E-state index in [0.29, 0.717) is 12.2 Å². The van der Waals surface area contributed by atoms with Gasteiger partial charge in [-0.2, -0.15) is 0 Å². The Morgan fingerprint density at radius 2 is 1.82 bits per heavy atom. The molecule has 1 N–H and O–H groups in total. The molecule has 0 amide bonds. The van der Waals surface area contributed by atoms with Gasteiger partial charge in [0, 0.05) is 19.6 Å². The number of rotatable bonds is 2. The van der Waals surface area contributed by atoms with Gasteiger partial charge in [-0.3, -0.25) is 4.90 Å². The monoisotopic (exact) mass is 238 g/mol. The molecule has 1 saturated carbocycles. The molecule has 98 valence electrons. The lowest BCUT2D eigenvalue weighted by Crippen LogP contribution is -2.46. The van der Waals surface area contributed by atoms with Crippen LogP contribution in [0.3, 0.4) is 0 Å². The Balaban J connectivity index is 1.51. The van der Waals surface area contributed by atoms with Gasteiger partial charge in [-0.1, -0.05) is 0 Å². The summed E-state index contributed by atoms with van der Waals surface area (Å²) in [7, 11) is 0. The summed E-state index contributed by atoms with van der Waals surface area (Å²) >= 11 is 0. The van der Waals surface area contributed by atoms with Gasteiger partial charge in [0.2, 0.25) is 0 Å². The summed E-state index contributed by atoms with van der Waals surface area (Å²) in [5.41, 5.74) is 0.732. The van der Waals surface area contributed by atoms with Gasteiger partial charge in [-0.05, 0) is 57.5 Å². The summed E-state index contributed by atoms with van der Waals surface area (Å²) in [6, 6.07) is 0. The molecule has 3 aliphatic rings. The second kappa shape index (κ2) is 4.52. The van der Waals surface area contributed by atoms with E-state index >= 15 is 0 Å². The fourth-order valence-electron chi connectivity index (χ4n) is 3.97. The molecule has 1 unspecified atom stereocenters. The highest BCUT2D eigenvalue weighted by atomic mass is 16.5. The van der Waals surface area contributed by atoms with Crippen LogP contribution in [0.2, 0.25) is 0 Å². The molecule has 1 spiro atoms. The summed E-state index contributed by atoms with van der Waals surface area (Å²) in [6.07, 6.45) is 5.14. The molecule has 0 aromatic heterocycles. The first-order valence-electron chi connectivity index (χ1n) is 7.26. The zero-order chi connectivity index (χ0) is 11.9. The van der Waals surface area contributed by atoms with Crippen molar-refractivity contribution >= 4 is 0 Å². The Bertz CT molecular complexity index is 265. The summed E-state index contributed by atoms with van der Waals surface area (Å²) in [6.45, 7) is 10.5. The highest BCUT2D eigenvalue weighted by Gasteiger charge is 2.54. The molecule has 1 aliphatic carbocycles. The topological polar surface area (TPSA) is 24.5 Å². The van der Waals surface area contributed by atoms with Crippen LogP contribution in [-0.4, -0.2) is 49.8 Å². The molecule has 3 rings (SSSR count). The van der Waals surface area contributed by atoms with Crippen molar-refractivity contribution in [1.29, 1.82) is 0 Å². The highest BCUT2D eigenvalue weighted by molar-refractivity contribution is 5.05. The maximum atomic E-state index is 5.80. The van der Waals surface area contributed by atoms with E-state index in [1.54, 1.807) is 0 Å². The summed E-state index contributed by atoms with van der Waals surface area (Å²) in [5.74, 6) is 0.974. The zero-order valence-electron chi connectivity index (χ0n) is 11.2. The van der Waals surface area contributed by atoms with Gasteiger partial charge < -0.3 is 10.1 Å². The first kappa shape index (κ1) is 11.9. The number of piperidine rings is 1. The molecular formula is C14H26N2O. The lowest BCUT2D eigenvalue weighted by atomic mass is 9.92. The van der Waals surface area contributed by atoms with Crippen LogP contribution in [0.1, 0.15) is 33.1 Å². The Morgan fingerprint density at radius 3 is 2.47 bits per heavy atom. The van der Waals surface area contributed by atoms with E-state index in [2.05, 4.69) is 24.1 Å². The third-order valence-electron chi connectivity index (χ3n) is 4.93. The van der Waals surface area contributed by atoms with Gasteiger partial charge in [0.05, 0.1) is 12.2 Å². The molecule has 0 bridgehead atoms. The van der Waals surface area contributed by atoms with Gasteiger partial charge in [-0.25, -0.2) is 0 Å². The van der Waals surface area contributed by atoms with Crippen molar-refractivity contribution in [2.75, 3.05) is 32.7 Å². The summed E-state index contributed by atoms with van der Waals surface area (Å²) in [5, 5.41) is 3.49. The molecule has 3 nitrogen and oxygen atoms in total. The Kier molecular flexibility index (Phi) is 3.18. The summed E-state index contributed by atoms with van der Waals surface area (Å²) in [4.78, 5) is 2.64. The number of nitrogens with zero attached hydrogens (tertiary/aromatic N) is 1. The standard InChI is InChI=1S/C14H26N2O/c1-11-8-16(9-12(2)17-11)10-13-7-14(13)3-5-15-6-4-14/h11-13,15H,3-10H2,1-2H3/t11-,12+,13?. The normalized spacial score (nSPS) is 41.6. The van der Waals surface area contributed by atoms with Gasteiger partial charge in [0.25, 0.3) is 0 Å². The lowest BCUT2D eigenvalue weighted by Gasteiger charge is -2.36. The first-order valence-corrected chi connectivity index (χ1v) is 7.26. The highest BCUT2D eigenvalue weighted by Crippen LogP contribution is 2.58. The fraction of sp³-hybridized carbons (Fsp3) is 1.00. The Morgan fingerprint density at radius 1 is 1.18 bits per heavy atom. The molecule has 0 radical (unpaired) electrons.